The highest BCUT2D eigenvalue weighted by atomic mass is 16.5. The lowest BCUT2D eigenvalue weighted by Gasteiger charge is -2.34. The molecule has 1 aliphatic rings. The molecule has 1 saturated heterocycles. The Hall–Kier alpha value is -2.45. The zero-order valence-corrected chi connectivity index (χ0v) is 12.8. The van der Waals surface area contributed by atoms with Gasteiger partial charge in [-0.05, 0) is 6.07 Å². The van der Waals surface area contributed by atoms with Crippen LogP contribution in [0.1, 0.15) is 17.8 Å². The van der Waals surface area contributed by atoms with Crippen molar-refractivity contribution in [2.75, 3.05) is 19.6 Å². The summed E-state index contributed by atoms with van der Waals surface area (Å²) < 4.78 is 12.5. The van der Waals surface area contributed by atoms with Crippen molar-refractivity contribution in [1.29, 1.82) is 0 Å². The normalized spacial score (nSPS) is 19.3. The Kier molecular flexibility index (Phi) is 3.68. The maximum absolute atomic E-state index is 5.40. The van der Waals surface area contributed by atoms with E-state index < -0.39 is 0 Å². The van der Waals surface area contributed by atoms with Gasteiger partial charge in [0.15, 0.2) is 0 Å². The van der Waals surface area contributed by atoms with E-state index >= 15 is 0 Å². The molecule has 1 N–H and O–H groups in total. The van der Waals surface area contributed by atoms with Crippen molar-refractivity contribution in [3.05, 3.63) is 42.7 Å². The SMILES string of the molecule is Cn1ccnc1C1CNCCN1Cc1nc(-c2ccoc2)no1. The van der Waals surface area contributed by atoms with Gasteiger partial charge in [0.05, 0.1) is 24.4 Å². The van der Waals surface area contributed by atoms with Crippen LogP contribution < -0.4 is 5.32 Å². The van der Waals surface area contributed by atoms with Gasteiger partial charge >= 0.3 is 0 Å². The first-order chi connectivity index (χ1) is 11.3. The number of aromatic nitrogens is 4. The number of nitrogens with one attached hydrogen (secondary N) is 1. The van der Waals surface area contributed by atoms with E-state index in [1.807, 2.05) is 25.5 Å². The number of furan rings is 1. The monoisotopic (exact) mass is 314 g/mol. The molecule has 1 atom stereocenters. The van der Waals surface area contributed by atoms with E-state index in [1.165, 1.54) is 0 Å². The number of nitrogens with zero attached hydrogens (tertiary/aromatic N) is 5. The maximum Gasteiger partial charge on any atom is 0.241 e. The quantitative estimate of drug-likeness (QED) is 0.774. The van der Waals surface area contributed by atoms with Gasteiger partial charge in [-0.1, -0.05) is 5.16 Å². The predicted octanol–water partition coefficient (Wildman–Crippen LogP) is 1.21. The topological polar surface area (TPSA) is 85.2 Å². The fourth-order valence-corrected chi connectivity index (χ4v) is 2.89. The van der Waals surface area contributed by atoms with E-state index in [9.17, 15) is 0 Å². The van der Waals surface area contributed by atoms with E-state index in [-0.39, 0.29) is 6.04 Å². The minimum absolute atomic E-state index is 0.188. The Morgan fingerprint density at radius 1 is 1.43 bits per heavy atom. The first-order valence-electron chi connectivity index (χ1n) is 7.58. The van der Waals surface area contributed by atoms with Gasteiger partial charge in [-0.25, -0.2) is 4.98 Å². The van der Waals surface area contributed by atoms with E-state index in [0.717, 1.165) is 31.0 Å². The predicted molar refractivity (Wildman–Crippen MR) is 81.2 cm³/mol. The van der Waals surface area contributed by atoms with Crippen molar-refractivity contribution in [2.24, 2.45) is 7.05 Å². The largest absolute Gasteiger partial charge is 0.472 e. The summed E-state index contributed by atoms with van der Waals surface area (Å²) in [5.41, 5.74) is 0.820. The third-order valence-electron chi connectivity index (χ3n) is 4.10. The van der Waals surface area contributed by atoms with Gasteiger partial charge < -0.3 is 18.8 Å². The molecule has 0 aliphatic carbocycles. The maximum atomic E-state index is 5.40. The molecule has 3 aromatic heterocycles. The molecule has 0 radical (unpaired) electrons. The summed E-state index contributed by atoms with van der Waals surface area (Å²) >= 11 is 0. The zero-order valence-electron chi connectivity index (χ0n) is 12.8. The van der Waals surface area contributed by atoms with Crippen LogP contribution in [0.3, 0.4) is 0 Å². The number of aryl methyl sites for hydroxylation is 1. The third kappa shape index (κ3) is 2.78. The molecule has 8 heteroatoms. The second-order valence-electron chi connectivity index (χ2n) is 5.61. The summed E-state index contributed by atoms with van der Waals surface area (Å²) in [6.45, 7) is 3.29. The molecule has 23 heavy (non-hydrogen) atoms. The minimum Gasteiger partial charge on any atom is -0.472 e. The molecular formula is C15H18N6O2. The number of rotatable bonds is 4. The fraction of sp³-hybridized carbons (Fsp3) is 0.400. The Labute approximate surface area is 133 Å². The lowest BCUT2D eigenvalue weighted by molar-refractivity contribution is 0.128. The molecule has 0 aromatic carbocycles. The highest BCUT2D eigenvalue weighted by Crippen LogP contribution is 2.23. The van der Waals surface area contributed by atoms with E-state index in [4.69, 9.17) is 8.94 Å². The zero-order chi connectivity index (χ0) is 15.6. The first kappa shape index (κ1) is 14.2. The van der Waals surface area contributed by atoms with E-state index in [2.05, 4.69) is 29.9 Å². The Bertz CT molecular complexity index is 763. The number of hydrogen-bond acceptors (Lipinski definition) is 7. The number of imidazole rings is 1. The molecule has 8 nitrogen and oxygen atoms in total. The van der Waals surface area contributed by atoms with Crippen LogP contribution >= 0.6 is 0 Å². The van der Waals surface area contributed by atoms with Gasteiger partial charge in [-0.3, -0.25) is 4.90 Å². The summed E-state index contributed by atoms with van der Waals surface area (Å²) in [4.78, 5) is 11.2. The summed E-state index contributed by atoms with van der Waals surface area (Å²) in [5, 5.41) is 7.44. The second-order valence-corrected chi connectivity index (χ2v) is 5.61. The number of hydrogen-bond donors (Lipinski definition) is 1. The number of piperazine rings is 1. The fourth-order valence-electron chi connectivity index (χ4n) is 2.89. The molecule has 4 rings (SSSR count). The molecule has 1 unspecified atom stereocenters. The average molecular weight is 314 g/mol. The van der Waals surface area contributed by atoms with Crippen LogP contribution in [0.4, 0.5) is 0 Å². The lowest BCUT2D eigenvalue weighted by Crippen LogP contribution is -2.46. The standard InChI is InChI=1S/C15H18N6O2/c1-20-5-4-17-15(20)12-8-16-3-6-21(12)9-13-18-14(19-23-13)11-2-7-22-10-11/h2,4-5,7,10,12,16H,3,6,8-9H2,1H3. The van der Waals surface area contributed by atoms with Gasteiger partial charge in [0, 0.05) is 39.1 Å². The molecule has 0 bridgehead atoms. The minimum atomic E-state index is 0.188. The lowest BCUT2D eigenvalue weighted by atomic mass is 10.1. The molecule has 3 aromatic rings. The Balaban J connectivity index is 1.53. The highest BCUT2D eigenvalue weighted by molar-refractivity contribution is 5.51. The van der Waals surface area contributed by atoms with Crippen LogP contribution in [0.5, 0.6) is 0 Å². The van der Waals surface area contributed by atoms with Crippen molar-refractivity contribution in [3.8, 4) is 11.4 Å². The van der Waals surface area contributed by atoms with Crippen molar-refractivity contribution in [1.82, 2.24) is 29.9 Å². The van der Waals surface area contributed by atoms with Crippen LogP contribution in [0.15, 0.2) is 39.9 Å². The first-order valence-corrected chi connectivity index (χ1v) is 7.58. The highest BCUT2D eigenvalue weighted by Gasteiger charge is 2.28. The van der Waals surface area contributed by atoms with E-state index in [1.54, 1.807) is 12.5 Å². The molecule has 1 aliphatic heterocycles. The Morgan fingerprint density at radius 2 is 2.39 bits per heavy atom. The average Bonchev–Trinajstić information content (AvgIpc) is 3.29. The van der Waals surface area contributed by atoms with Crippen LogP contribution in [0, 0.1) is 0 Å². The molecule has 4 heterocycles. The summed E-state index contributed by atoms with van der Waals surface area (Å²) in [6, 6.07) is 2.00. The van der Waals surface area contributed by atoms with Crippen LogP contribution in [-0.2, 0) is 13.6 Å². The van der Waals surface area contributed by atoms with Crippen molar-refractivity contribution in [2.45, 2.75) is 12.6 Å². The van der Waals surface area contributed by atoms with Gasteiger partial charge in [-0.15, -0.1) is 0 Å². The molecular weight excluding hydrogens is 296 g/mol. The van der Waals surface area contributed by atoms with Gasteiger partial charge in [0.25, 0.3) is 0 Å². The van der Waals surface area contributed by atoms with Crippen molar-refractivity contribution < 1.29 is 8.94 Å². The molecule has 0 amide bonds. The third-order valence-corrected chi connectivity index (χ3v) is 4.10. The molecule has 0 spiro atoms. The smallest absolute Gasteiger partial charge is 0.241 e. The second kappa shape index (κ2) is 5.98. The summed E-state index contributed by atoms with van der Waals surface area (Å²) in [7, 11) is 2.01. The summed E-state index contributed by atoms with van der Waals surface area (Å²) in [5.74, 6) is 2.19. The van der Waals surface area contributed by atoms with Crippen LogP contribution in [0.2, 0.25) is 0 Å². The van der Waals surface area contributed by atoms with Gasteiger partial charge in [-0.2, -0.15) is 4.98 Å². The molecule has 1 fully saturated rings. The van der Waals surface area contributed by atoms with Crippen LogP contribution in [0.25, 0.3) is 11.4 Å². The van der Waals surface area contributed by atoms with Gasteiger partial charge in [0.1, 0.15) is 12.1 Å². The van der Waals surface area contributed by atoms with Crippen LogP contribution in [-0.4, -0.2) is 44.2 Å². The summed E-state index contributed by atoms with van der Waals surface area (Å²) in [6.07, 6.45) is 6.99. The van der Waals surface area contributed by atoms with E-state index in [0.29, 0.717) is 18.3 Å². The Morgan fingerprint density at radius 3 is 3.17 bits per heavy atom. The van der Waals surface area contributed by atoms with Crippen molar-refractivity contribution in [3.63, 3.8) is 0 Å². The van der Waals surface area contributed by atoms with Crippen molar-refractivity contribution >= 4 is 0 Å². The van der Waals surface area contributed by atoms with Gasteiger partial charge in [0.2, 0.25) is 11.7 Å². The molecule has 120 valence electrons. The molecule has 0 saturated carbocycles.